The average molecular weight is 716 g/mol. The van der Waals surface area contributed by atoms with Crippen molar-refractivity contribution >= 4 is 52.2 Å². The monoisotopic (exact) mass is 715 g/mol. The van der Waals surface area contributed by atoms with Crippen LogP contribution in [0.3, 0.4) is 0 Å². The summed E-state index contributed by atoms with van der Waals surface area (Å²) in [6, 6.07) is 5.74. The Balaban J connectivity index is 1.36. The van der Waals surface area contributed by atoms with Crippen molar-refractivity contribution in [3.63, 3.8) is 0 Å². The van der Waals surface area contributed by atoms with Crippen molar-refractivity contribution in [3.05, 3.63) is 41.4 Å². The molecule has 2 fully saturated rings. The number of carboxylic acids is 2. The molecule has 6 N–H and O–H groups in total. The highest BCUT2D eigenvalue weighted by molar-refractivity contribution is 6.28. The van der Waals surface area contributed by atoms with Gasteiger partial charge in [0.15, 0.2) is 28.8 Å². The number of benzene rings is 1. The minimum Gasteiger partial charge on any atom is -0.479 e. The molecule has 268 valence electrons. The van der Waals surface area contributed by atoms with Gasteiger partial charge in [-0.3, -0.25) is 9.47 Å². The number of hydrogen-bond acceptors (Lipinski definition) is 12. The molecule has 3 aromatic rings. The first-order valence-corrected chi connectivity index (χ1v) is 16.2. The summed E-state index contributed by atoms with van der Waals surface area (Å²) < 4.78 is 11.9. The number of carbonyl (C=O) groups is 3. The molecule has 0 spiro atoms. The number of β-amino-alcohol motifs (C(OH)–C–C–N with tert-alkyl or cyclic N) is 1. The molecule has 1 saturated heterocycles. The standard InChI is InChI=1S/C32H38ClN7O10/c1-3-31(48,26(42)40-18-35-23-24(34-16-20-5-6-20)36-29(33)37-25(23)40)22(49-2)17-50-32(27(43)44,28(45)46)15-19-7-9-21(10-8-19)39-12-4-11-38(13-14-41)30(39)47/h1,7-10,18,20,22,26,41-42,48H,4-6,11-17H2,2H3,(H,43,44)(H,45,46)(H,34,36,37)/t22-,26-,31-/m1/s1. The molecule has 1 aliphatic heterocycles. The highest BCUT2D eigenvalue weighted by Crippen LogP contribution is 2.33. The Labute approximate surface area is 291 Å². The van der Waals surface area contributed by atoms with Crippen molar-refractivity contribution < 1.29 is 49.4 Å². The zero-order valence-electron chi connectivity index (χ0n) is 27.1. The van der Waals surface area contributed by atoms with Crippen LogP contribution in [0.4, 0.5) is 16.3 Å². The number of fused-ring (bicyclic) bond motifs is 1. The van der Waals surface area contributed by atoms with E-state index in [0.717, 1.165) is 30.8 Å². The van der Waals surface area contributed by atoms with E-state index in [1.165, 1.54) is 21.9 Å². The zero-order valence-corrected chi connectivity index (χ0v) is 27.9. The predicted molar refractivity (Wildman–Crippen MR) is 178 cm³/mol. The summed E-state index contributed by atoms with van der Waals surface area (Å²) in [5.74, 6) is -0.836. The third kappa shape index (κ3) is 7.31. The Hall–Kier alpha value is -4.57. The van der Waals surface area contributed by atoms with Crippen molar-refractivity contribution in [2.75, 3.05) is 56.7 Å². The molecule has 2 amide bonds. The second-order valence-corrected chi connectivity index (χ2v) is 12.5. The highest BCUT2D eigenvalue weighted by atomic mass is 35.5. The van der Waals surface area contributed by atoms with Crippen LogP contribution in [-0.4, -0.2) is 132 Å². The van der Waals surface area contributed by atoms with Crippen LogP contribution in [0.2, 0.25) is 5.28 Å². The minimum absolute atomic E-state index is 0.0152. The number of aliphatic hydroxyl groups excluding tert-OH is 2. The number of urea groups is 1. The van der Waals surface area contributed by atoms with Gasteiger partial charge in [0.2, 0.25) is 5.28 Å². The number of nitrogens with zero attached hydrogens (tertiary/aromatic N) is 6. The highest BCUT2D eigenvalue weighted by Gasteiger charge is 2.52. The van der Waals surface area contributed by atoms with Gasteiger partial charge in [0.05, 0.1) is 19.5 Å². The maximum atomic E-state index is 12.8. The van der Waals surface area contributed by atoms with E-state index in [4.69, 9.17) is 27.5 Å². The molecule has 2 aliphatic rings. The number of nitrogens with one attached hydrogen (secondary N) is 1. The molecule has 1 aromatic carbocycles. The maximum Gasteiger partial charge on any atom is 0.348 e. The SMILES string of the molecule is C#C[C@@](O)([C@@H](COC(Cc1ccc(N2CCCN(CCO)C2=O)cc1)(C(=O)O)C(=O)O)OC)[C@@H](O)n1cnc2c(NCC3CC3)nc(Cl)nc21. The van der Waals surface area contributed by atoms with Crippen molar-refractivity contribution in [3.8, 4) is 12.3 Å². The van der Waals surface area contributed by atoms with Gasteiger partial charge in [0.25, 0.3) is 5.60 Å². The van der Waals surface area contributed by atoms with Gasteiger partial charge in [-0.05, 0) is 54.5 Å². The number of imidazole rings is 1. The van der Waals surface area contributed by atoms with E-state index in [0.29, 0.717) is 43.5 Å². The van der Waals surface area contributed by atoms with Crippen molar-refractivity contribution in [2.24, 2.45) is 5.92 Å². The fraction of sp³-hybridized carbons (Fsp3) is 0.500. The van der Waals surface area contributed by atoms with Crippen molar-refractivity contribution in [2.45, 2.75) is 49.2 Å². The van der Waals surface area contributed by atoms with E-state index in [1.54, 1.807) is 12.1 Å². The molecule has 0 unspecified atom stereocenters. The van der Waals surface area contributed by atoms with Crippen LogP contribution in [-0.2, 0) is 25.5 Å². The van der Waals surface area contributed by atoms with Gasteiger partial charge in [-0.15, -0.1) is 6.42 Å². The minimum atomic E-state index is -2.89. The molecule has 3 heterocycles. The summed E-state index contributed by atoms with van der Waals surface area (Å²) >= 11 is 6.15. The van der Waals surface area contributed by atoms with E-state index < -0.39 is 48.5 Å². The third-order valence-corrected chi connectivity index (χ3v) is 9.04. The number of terminal acetylenes is 1. The Morgan fingerprint density at radius 2 is 1.88 bits per heavy atom. The van der Waals surface area contributed by atoms with Crippen LogP contribution in [0.25, 0.3) is 11.2 Å². The quantitative estimate of drug-likeness (QED) is 0.0650. The van der Waals surface area contributed by atoms with Gasteiger partial charge in [-0.25, -0.2) is 19.4 Å². The third-order valence-electron chi connectivity index (χ3n) is 8.87. The van der Waals surface area contributed by atoms with Gasteiger partial charge < -0.3 is 45.2 Å². The summed E-state index contributed by atoms with van der Waals surface area (Å²) in [6.45, 7) is 0.642. The molecule has 18 heteroatoms. The van der Waals surface area contributed by atoms with Gasteiger partial charge >= 0.3 is 18.0 Å². The normalized spacial score (nSPS) is 17.6. The topological polar surface area (TPSA) is 233 Å². The van der Waals surface area contributed by atoms with Gasteiger partial charge in [0.1, 0.15) is 6.10 Å². The van der Waals surface area contributed by atoms with E-state index in [9.17, 15) is 39.9 Å². The van der Waals surface area contributed by atoms with Crippen molar-refractivity contribution in [1.82, 2.24) is 24.4 Å². The number of anilines is 2. The second kappa shape index (κ2) is 15.1. The first-order valence-electron chi connectivity index (χ1n) is 15.8. The first kappa shape index (κ1) is 36.7. The maximum absolute atomic E-state index is 12.8. The lowest BCUT2D eigenvalue weighted by molar-refractivity contribution is -0.202. The van der Waals surface area contributed by atoms with Crippen LogP contribution >= 0.6 is 11.6 Å². The largest absolute Gasteiger partial charge is 0.479 e. The van der Waals surface area contributed by atoms with E-state index in [-0.39, 0.29) is 41.2 Å². The number of methoxy groups -OCH3 is 1. The summed E-state index contributed by atoms with van der Waals surface area (Å²) in [7, 11) is 1.11. The number of carboxylic acid groups (broad SMARTS) is 2. The Morgan fingerprint density at radius 1 is 1.18 bits per heavy atom. The summed E-state index contributed by atoms with van der Waals surface area (Å²) in [5.41, 5.74) is -4.55. The van der Waals surface area contributed by atoms with E-state index in [1.807, 2.05) is 0 Å². The van der Waals surface area contributed by atoms with Crippen LogP contribution in [0, 0.1) is 18.3 Å². The van der Waals surface area contributed by atoms with Gasteiger partial charge in [-0.2, -0.15) is 9.97 Å². The Morgan fingerprint density at radius 3 is 2.48 bits per heavy atom. The lowest BCUT2D eigenvalue weighted by Gasteiger charge is -2.36. The number of carbonyl (C=O) groups excluding carboxylic acids is 1. The zero-order chi connectivity index (χ0) is 36.2. The fourth-order valence-electron chi connectivity index (χ4n) is 5.74. The Kier molecular flexibility index (Phi) is 11.1. The molecule has 0 radical (unpaired) electrons. The number of rotatable bonds is 17. The number of ether oxygens (including phenoxy) is 2. The number of halogens is 1. The number of hydrogen-bond donors (Lipinski definition) is 6. The van der Waals surface area contributed by atoms with E-state index in [2.05, 4.69) is 26.2 Å². The molecule has 2 aromatic heterocycles. The summed E-state index contributed by atoms with van der Waals surface area (Å²) in [5, 5.41) is 55.6. The molecule has 17 nitrogen and oxygen atoms in total. The first-order chi connectivity index (χ1) is 23.9. The van der Waals surface area contributed by atoms with Crippen LogP contribution in [0.1, 0.15) is 31.1 Å². The average Bonchev–Trinajstić information content (AvgIpc) is 3.84. The number of aliphatic hydroxyl groups is 3. The van der Waals surface area contributed by atoms with Crippen molar-refractivity contribution in [1.29, 1.82) is 0 Å². The van der Waals surface area contributed by atoms with Crippen LogP contribution < -0.4 is 10.2 Å². The molecule has 1 saturated carbocycles. The summed E-state index contributed by atoms with van der Waals surface area (Å²) in [6.07, 6.45) is 5.29. The van der Waals surface area contributed by atoms with Crippen LogP contribution in [0.5, 0.6) is 0 Å². The number of aromatic nitrogens is 4. The molecule has 5 rings (SSSR count). The van der Waals surface area contributed by atoms with Crippen LogP contribution in [0.15, 0.2) is 30.6 Å². The lowest BCUT2D eigenvalue weighted by atomic mass is 9.92. The molecule has 50 heavy (non-hydrogen) atoms. The Bertz CT molecular complexity index is 1750. The predicted octanol–water partition coefficient (Wildman–Crippen LogP) is 0.964. The molecular formula is C32H38ClN7O10. The van der Waals surface area contributed by atoms with Gasteiger partial charge in [0, 0.05) is 45.4 Å². The van der Waals surface area contributed by atoms with E-state index >= 15 is 0 Å². The molecule has 1 aliphatic carbocycles. The smallest absolute Gasteiger partial charge is 0.348 e. The second-order valence-electron chi connectivity index (χ2n) is 12.1. The van der Waals surface area contributed by atoms with Gasteiger partial charge in [-0.1, -0.05) is 18.1 Å². The summed E-state index contributed by atoms with van der Waals surface area (Å²) in [4.78, 5) is 53.5. The lowest BCUT2D eigenvalue weighted by Crippen LogP contribution is -2.56. The fourth-order valence-corrected chi connectivity index (χ4v) is 5.91. The number of amides is 2. The molecule has 0 bridgehead atoms. The number of aliphatic carboxylic acids is 2. The molecule has 3 atom stereocenters. The molecular weight excluding hydrogens is 678 g/mol.